The minimum atomic E-state index is -0.325. The number of carbonyl (C=O) groups excluding carboxylic acids is 1. The number of likely N-dealkylation sites (N-methyl/N-ethyl adjacent to an activating group) is 1. The molecule has 0 saturated carbocycles. The average Bonchev–Trinajstić information content (AvgIpc) is 3.12. The summed E-state index contributed by atoms with van der Waals surface area (Å²) in [6.45, 7) is 1.65. The van der Waals surface area contributed by atoms with Gasteiger partial charge in [-0.15, -0.1) is 11.3 Å². The van der Waals surface area contributed by atoms with Crippen LogP contribution in [0.25, 0.3) is 21.3 Å². The molecule has 0 bridgehead atoms. The van der Waals surface area contributed by atoms with E-state index in [1.165, 1.54) is 11.3 Å². The summed E-state index contributed by atoms with van der Waals surface area (Å²) >= 11 is 20.0. The largest absolute Gasteiger partial charge is 0.397 e. The summed E-state index contributed by atoms with van der Waals surface area (Å²) in [5, 5.41) is 5.04. The number of nitrogens with two attached hydrogens (primary N) is 1. The van der Waals surface area contributed by atoms with Crippen molar-refractivity contribution in [2.45, 2.75) is 13.0 Å². The fraction of sp³-hybridized carbons (Fsp3) is 0.167. The molecule has 0 aliphatic carbocycles. The Balaban J connectivity index is 1.68. The smallest absolute Gasteiger partial charge is 0.267 e. The molecule has 9 heteroatoms. The molecule has 0 saturated heterocycles. The Morgan fingerprint density at radius 3 is 2.67 bits per heavy atom. The van der Waals surface area contributed by atoms with E-state index in [0.29, 0.717) is 31.3 Å². The van der Waals surface area contributed by atoms with Gasteiger partial charge in [0.15, 0.2) is 0 Å². The third kappa shape index (κ3) is 4.07. The second-order valence-corrected chi connectivity index (χ2v) is 10.2. The molecule has 0 atom stereocenters. The molecule has 1 aliphatic heterocycles. The Hall–Kier alpha value is -2.35. The average molecular weight is 518 g/mol. The first-order chi connectivity index (χ1) is 15.8. The number of nitrogens with one attached hydrogen (secondary N) is 1. The second-order valence-electron chi connectivity index (χ2n) is 7.99. The van der Waals surface area contributed by atoms with Crippen LogP contribution in [0.2, 0.25) is 15.1 Å². The molecule has 5 nitrogen and oxygen atoms in total. The fourth-order valence-corrected chi connectivity index (χ4v) is 5.70. The van der Waals surface area contributed by atoms with E-state index in [2.05, 4.69) is 17.3 Å². The van der Waals surface area contributed by atoms with Gasteiger partial charge in [-0.05, 0) is 36.9 Å². The highest BCUT2D eigenvalue weighted by molar-refractivity contribution is 7.21. The number of benzene rings is 2. The number of nitrogens with zero attached hydrogens (tertiary/aromatic N) is 2. The van der Waals surface area contributed by atoms with E-state index >= 15 is 0 Å². The first-order valence-corrected chi connectivity index (χ1v) is 12.2. The molecule has 1 amide bonds. The number of anilines is 2. The molecule has 0 spiro atoms. The lowest BCUT2D eigenvalue weighted by Gasteiger charge is -2.27. The molecule has 0 unspecified atom stereocenters. The second kappa shape index (κ2) is 8.78. The van der Waals surface area contributed by atoms with Gasteiger partial charge in [0.05, 0.1) is 15.7 Å². The highest BCUT2D eigenvalue weighted by atomic mass is 35.5. The number of hydrogen-bond acceptors (Lipinski definition) is 5. The van der Waals surface area contributed by atoms with E-state index in [0.717, 1.165) is 52.1 Å². The van der Waals surface area contributed by atoms with Crippen molar-refractivity contribution in [3.05, 3.63) is 73.7 Å². The molecule has 0 radical (unpaired) electrons. The normalized spacial score (nSPS) is 13.8. The van der Waals surface area contributed by atoms with Crippen LogP contribution in [0.5, 0.6) is 0 Å². The SMILES string of the molecule is CN1CCc2nc3sc(C(=O)Nc4ccc(Cl)c(Cl)c4)c(N)c3c(-c3ccccc3Cl)c2C1. The van der Waals surface area contributed by atoms with E-state index < -0.39 is 0 Å². The maximum Gasteiger partial charge on any atom is 0.267 e. The van der Waals surface area contributed by atoms with Crippen LogP contribution >= 0.6 is 46.1 Å². The lowest BCUT2D eigenvalue weighted by Crippen LogP contribution is -2.28. The van der Waals surface area contributed by atoms with Crippen molar-refractivity contribution in [1.29, 1.82) is 0 Å². The Labute approximate surface area is 210 Å². The lowest BCUT2D eigenvalue weighted by molar-refractivity contribution is 0.103. The molecule has 3 heterocycles. The standard InChI is InChI=1S/C24H19Cl3N4OS/c1-31-9-8-18-14(11-31)19(13-4-2-3-5-15(13)25)20-21(28)22(33-24(20)30-18)23(32)29-12-6-7-16(26)17(27)10-12/h2-7,10H,8-9,11,28H2,1H3,(H,29,32). The summed E-state index contributed by atoms with van der Waals surface area (Å²) in [4.78, 5) is 21.5. The molecular formula is C24H19Cl3N4OS. The summed E-state index contributed by atoms with van der Waals surface area (Å²) < 4.78 is 0. The number of nitrogen functional groups attached to an aromatic ring is 1. The van der Waals surface area contributed by atoms with Crippen LogP contribution in [0, 0.1) is 0 Å². The highest BCUT2D eigenvalue weighted by Crippen LogP contribution is 2.45. The minimum absolute atomic E-state index is 0.325. The molecule has 33 heavy (non-hydrogen) atoms. The van der Waals surface area contributed by atoms with Gasteiger partial charge in [-0.1, -0.05) is 53.0 Å². The number of halogens is 3. The minimum Gasteiger partial charge on any atom is -0.397 e. The number of rotatable bonds is 3. The zero-order chi connectivity index (χ0) is 23.3. The van der Waals surface area contributed by atoms with E-state index in [1.54, 1.807) is 18.2 Å². The van der Waals surface area contributed by atoms with Crippen molar-refractivity contribution >= 4 is 73.6 Å². The van der Waals surface area contributed by atoms with Crippen LogP contribution in [0.4, 0.5) is 11.4 Å². The Kier molecular flexibility index (Phi) is 5.97. The molecule has 2 aromatic carbocycles. The molecule has 2 aromatic heterocycles. The van der Waals surface area contributed by atoms with Gasteiger partial charge in [0.2, 0.25) is 0 Å². The van der Waals surface area contributed by atoms with Crippen molar-refractivity contribution in [2.75, 3.05) is 24.6 Å². The van der Waals surface area contributed by atoms with E-state index in [9.17, 15) is 4.79 Å². The van der Waals surface area contributed by atoms with E-state index in [4.69, 9.17) is 45.5 Å². The van der Waals surface area contributed by atoms with Crippen LogP contribution in [0.15, 0.2) is 42.5 Å². The summed E-state index contributed by atoms with van der Waals surface area (Å²) in [7, 11) is 2.08. The van der Waals surface area contributed by atoms with Crippen molar-refractivity contribution in [3.8, 4) is 11.1 Å². The molecule has 1 aliphatic rings. The van der Waals surface area contributed by atoms with E-state index in [1.807, 2.05) is 24.3 Å². The van der Waals surface area contributed by atoms with Crippen LogP contribution in [0.1, 0.15) is 20.9 Å². The maximum atomic E-state index is 13.2. The van der Waals surface area contributed by atoms with Crippen molar-refractivity contribution in [3.63, 3.8) is 0 Å². The summed E-state index contributed by atoms with van der Waals surface area (Å²) in [6, 6.07) is 12.6. The van der Waals surface area contributed by atoms with Gasteiger partial charge in [0, 0.05) is 52.4 Å². The summed E-state index contributed by atoms with van der Waals surface area (Å²) in [5.41, 5.74) is 11.5. The van der Waals surface area contributed by atoms with Crippen molar-refractivity contribution < 1.29 is 4.79 Å². The Morgan fingerprint density at radius 2 is 1.91 bits per heavy atom. The zero-order valence-electron chi connectivity index (χ0n) is 17.6. The van der Waals surface area contributed by atoms with Crippen molar-refractivity contribution in [2.24, 2.45) is 0 Å². The van der Waals surface area contributed by atoms with Crippen LogP contribution < -0.4 is 11.1 Å². The monoisotopic (exact) mass is 516 g/mol. The molecular weight excluding hydrogens is 499 g/mol. The summed E-state index contributed by atoms with van der Waals surface area (Å²) in [5.74, 6) is -0.325. The lowest BCUT2D eigenvalue weighted by atomic mass is 9.92. The molecule has 4 aromatic rings. The topological polar surface area (TPSA) is 71.2 Å². The molecule has 0 fully saturated rings. The predicted octanol–water partition coefficient (Wildman–Crippen LogP) is 6.75. The number of aromatic nitrogens is 1. The highest BCUT2D eigenvalue weighted by Gasteiger charge is 2.27. The number of amides is 1. The van der Waals surface area contributed by atoms with Gasteiger partial charge in [-0.25, -0.2) is 4.98 Å². The number of fused-ring (bicyclic) bond motifs is 2. The number of thiophene rings is 1. The van der Waals surface area contributed by atoms with Crippen molar-refractivity contribution in [1.82, 2.24) is 9.88 Å². The van der Waals surface area contributed by atoms with Gasteiger partial charge in [0.1, 0.15) is 9.71 Å². The number of hydrogen-bond donors (Lipinski definition) is 2. The van der Waals surface area contributed by atoms with Gasteiger partial charge in [0.25, 0.3) is 5.91 Å². The van der Waals surface area contributed by atoms with Gasteiger partial charge in [-0.3, -0.25) is 4.79 Å². The Morgan fingerprint density at radius 1 is 1.12 bits per heavy atom. The van der Waals surface area contributed by atoms with Gasteiger partial charge in [-0.2, -0.15) is 0 Å². The molecule has 5 rings (SSSR count). The third-order valence-electron chi connectivity index (χ3n) is 5.75. The van der Waals surface area contributed by atoms with Crippen LogP contribution in [-0.4, -0.2) is 29.4 Å². The maximum absolute atomic E-state index is 13.2. The predicted molar refractivity (Wildman–Crippen MR) is 139 cm³/mol. The molecule has 168 valence electrons. The van der Waals surface area contributed by atoms with Gasteiger partial charge >= 0.3 is 0 Å². The van der Waals surface area contributed by atoms with E-state index in [-0.39, 0.29) is 5.91 Å². The van der Waals surface area contributed by atoms with Crippen LogP contribution in [-0.2, 0) is 13.0 Å². The quantitative estimate of drug-likeness (QED) is 0.315. The number of pyridine rings is 1. The fourth-order valence-electron chi connectivity index (χ4n) is 4.15. The summed E-state index contributed by atoms with van der Waals surface area (Å²) in [6.07, 6.45) is 0.821. The zero-order valence-corrected chi connectivity index (χ0v) is 20.7. The number of carbonyl (C=O) groups is 1. The third-order valence-corrected chi connectivity index (χ3v) is 7.92. The first-order valence-electron chi connectivity index (χ1n) is 10.3. The Bertz CT molecular complexity index is 1420. The first kappa shape index (κ1) is 22.4. The van der Waals surface area contributed by atoms with Gasteiger partial charge < -0.3 is 16.0 Å². The molecule has 3 N–H and O–H groups in total. The van der Waals surface area contributed by atoms with Crippen LogP contribution in [0.3, 0.4) is 0 Å².